The Morgan fingerprint density at radius 3 is 2.54 bits per heavy atom. The fraction of sp³-hybridized carbons (Fsp3) is 0.370. The third-order valence-corrected chi connectivity index (χ3v) is 10.9. The molecule has 192 valence electrons. The quantitative estimate of drug-likeness (QED) is 0.275. The van der Waals surface area contributed by atoms with Crippen molar-refractivity contribution in [2.24, 2.45) is 5.41 Å². The Bertz CT molecular complexity index is 1510. The Balaban J connectivity index is 1.50. The minimum absolute atomic E-state index is 0.143. The molecule has 0 spiro atoms. The van der Waals surface area contributed by atoms with E-state index in [0.717, 1.165) is 20.1 Å². The van der Waals surface area contributed by atoms with Gasteiger partial charge in [-0.25, -0.2) is 0 Å². The zero-order chi connectivity index (χ0) is 26.2. The van der Waals surface area contributed by atoms with Crippen LogP contribution in [0.5, 0.6) is 0 Å². The molecule has 0 amide bonds. The second kappa shape index (κ2) is 8.32. The molecule has 6 rings (SSSR count). The van der Waals surface area contributed by atoms with Gasteiger partial charge >= 0.3 is 224 Å². The molecule has 1 aliphatic heterocycles. The maximum absolute atomic E-state index is 14.6. The third-order valence-electron chi connectivity index (χ3n) is 7.74. The summed E-state index contributed by atoms with van der Waals surface area (Å²) in [5, 5.41) is 19.2. The van der Waals surface area contributed by atoms with Gasteiger partial charge in [0.15, 0.2) is 0 Å². The molecule has 1 saturated heterocycles. The molecule has 0 unspecified atom stereocenters. The molecule has 0 saturated carbocycles. The maximum atomic E-state index is 14.6. The number of fused-ring (bicyclic) bond motifs is 5. The van der Waals surface area contributed by atoms with Gasteiger partial charge in [0.1, 0.15) is 0 Å². The van der Waals surface area contributed by atoms with Crippen molar-refractivity contribution in [2.75, 3.05) is 8.86 Å². The van der Waals surface area contributed by atoms with E-state index in [2.05, 4.69) is 29.0 Å². The number of oxazole rings is 1. The zero-order valence-corrected chi connectivity index (χ0v) is 22.9. The first-order chi connectivity index (χ1) is 17.5. The summed E-state index contributed by atoms with van der Waals surface area (Å²) >= 11 is -0.209. The van der Waals surface area contributed by atoms with Crippen LogP contribution in [-0.2, 0) is 11.0 Å². The molecule has 1 aromatic carbocycles. The van der Waals surface area contributed by atoms with Crippen LogP contribution < -0.4 is 21.2 Å². The van der Waals surface area contributed by atoms with E-state index >= 15 is 0 Å². The summed E-state index contributed by atoms with van der Waals surface area (Å²) in [6.45, 7) is 7.67. The van der Waals surface area contributed by atoms with E-state index in [0.29, 0.717) is 23.1 Å². The molecule has 2 aliphatic rings. The summed E-state index contributed by atoms with van der Waals surface area (Å²) in [6.07, 6.45) is 3.12. The van der Waals surface area contributed by atoms with E-state index in [1.165, 1.54) is 24.5 Å². The molecular formula is C27H25F2IN5O2-. The van der Waals surface area contributed by atoms with Gasteiger partial charge in [-0.3, -0.25) is 0 Å². The number of aromatic nitrogens is 5. The summed E-state index contributed by atoms with van der Waals surface area (Å²) < 4.78 is 36.7. The number of alkyl halides is 2. The van der Waals surface area contributed by atoms with Crippen LogP contribution in [0.1, 0.15) is 56.4 Å². The van der Waals surface area contributed by atoms with Gasteiger partial charge in [-0.15, -0.1) is 0 Å². The molecule has 0 radical (unpaired) electrons. The fourth-order valence-corrected chi connectivity index (χ4v) is 10.5. The van der Waals surface area contributed by atoms with Crippen molar-refractivity contribution in [3.63, 3.8) is 0 Å². The number of nitrogens with zero attached hydrogens (tertiary/aromatic N) is 5. The topological polar surface area (TPSA) is 97.8 Å². The average molecular weight is 616 g/mol. The van der Waals surface area contributed by atoms with Gasteiger partial charge in [0, 0.05) is 0 Å². The monoisotopic (exact) mass is 616 g/mol. The standard InChI is InChI=1S/C27H25F2IN5O2/c1-25(2)15-11-30-13-27(25,22-14(15)10-19(34-35-22)21-16(28)6-5-7-17(21)29)24-31-9-8-18(32-24)23-33-20(12-37-23)26(3,4)36/h5-10,12,15,36H,11,13H2,1-4H3/q-1/t15-,27+/m0/s1. The summed E-state index contributed by atoms with van der Waals surface area (Å²) in [4.78, 5) is 14.1. The van der Waals surface area contributed by atoms with Crippen LogP contribution in [0.25, 0.3) is 22.8 Å². The molecule has 1 N–H and O–H groups in total. The van der Waals surface area contributed by atoms with Crippen molar-refractivity contribution >= 4 is 0 Å². The second-order valence-electron chi connectivity index (χ2n) is 10.6. The van der Waals surface area contributed by atoms with Crippen molar-refractivity contribution in [3.05, 3.63) is 77.2 Å². The van der Waals surface area contributed by atoms with Gasteiger partial charge in [0.05, 0.1) is 0 Å². The van der Waals surface area contributed by atoms with Crippen LogP contribution in [0.3, 0.4) is 0 Å². The van der Waals surface area contributed by atoms with Crippen molar-refractivity contribution < 1.29 is 39.5 Å². The first kappa shape index (κ1) is 24.5. The van der Waals surface area contributed by atoms with E-state index in [9.17, 15) is 13.9 Å². The summed E-state index contributed by atoms with van der Waals surface area (Å²) in [7, 11) is 0. The van der Waals surface area contributed by atoms with E-state index in [4.69, 9.17) is 14.4 Å². The number of hydrogen-bond acceptors (Lipinski definition) is 7. The predicted octanol–water partition coefficient (Wildman–Crippen LogP) is 1.61. The van der Waals surface area contributed by atoms with Gasteiger partial charge < -0.3 is 0 Å². The summed E-state index contributed by atoms with van der Waals surface area (Å²) in [5.74, 6) is -0.274. The Hall–Kier alpha value is -2.86. The Morgan fingerprint density at radius 1 is 1.08 bits per heavy atom. The number of rotatable bonds is 4. The first-order valence-electron chi connectivity index (χ1n) is 11.9. The van der Waals surface area contributed by atoms with Crippen molar-refractivity contribution in [3.8, 4) is 22.8 Å². The molecule has 2 atom stereocenters. The van der Waals surface area contributed by atoms with Crippen molar-refractivity contribution in [1.82, 2.24) is 25.1 Å². The SMILES string of the molecule is CC(C)(O)c1coc(-c2ccnc([C@@]34C[I-]C[C@@H](c5cc(-c6c(F)cccc6F)nnc53)C4(C)C)n2)n1. The van der Waals surface area contributed by atoms with Crippen LogP contribution in [-0.4, -0.2) is 39.1 Å². The molecule has 3 aromatic heterocycles. The summed E-state index contributed by atoms with van der Waals surface area (Å²) in [6, 6.07) is 7.34. The molecule has 2 bridgehead atoms. The van der Waals surface area contributed by atoms with E-state index in [1.807, 2.05) is 0 Å². The van der Waals surface area contributed by atoms with Gasteiger partial charge in [-0.05, 0) is 0 Å². The van der Waals surface area contributed by atoms with E-state index < -0.39 is 22.7 Å². The molecular weight excluding hydrogens is 591 g/mol. The number of hydrogen-bond donors (Lipinski definition) is 1. The van der Waals surface area contributed by atoms with Gasteiger partial charge in [0.2, 0.25) is 0 Å². The minimum atomic E-state index is -1.14. The van der Waals surface area contributed by atoms with E-state index in [1.54, 1.807) is 32.2 Å². The third kappa shape index (κ3) is 3.55. The number of aliphatic hydroxyl groups is 1. The van der Waals surface area contributed by atoms with Gasteiger partial charge in [-0.1, -0.05) is 0 Å². The van der Waals surface area contributed by atoms with Gasteiger partial charge in [-0.2, -0.15) is 0 Å². The zero-order valence-electron chi connectivity index (χ0n) is 20.8. The van der Waals surface area contributed by atoms with Crippen molar-refractivity contribution in [2.45, 2.75) is 44.6 Å². The molecule has 37 heavy (non-hydrogen) atoms. The van der Waals surface area contributed by atoms with Crippen molar-refractivity contribution in [1.29, 1.82) is 0 Å². The summed E-state index contributed by atoms with van der Waals surface area (Å²) in [5.41, 5.74) is 0.652. The molecule has 4 heterocycles. The fourth-order valence-electron chi connectivity index (χ4n) is 5.49. The number of benzene rings is 1. The Labute approximate surface area is 223 Å². The average Bonchev–Trinajstić information content (AvgIpc) is 3.35. The Kier molecular flexibility index (Phi) is 5.50. The molecule has 10 heteroatoms. The van der Waals surface area contributed by atoms with Gasteiger partial charge in [0.25, 0.3) is 0 Å². The molecule has 4 aromatic rings. The predicted molar refractivity (Wildman–Crippen MR) is 127 cm³/mol. The number of halogens is 3. The second-order valence-corrected chi connectivity index (χ2v) is 13.4. The molecule has 1 fully saturated rings. The Morgan fingerprint density at radius 2 is 1.84 bits per heavy atom. The van der Waals surface area contributed by atoms with E-state index in [-0.39, 0.29) is 43.8 Å². The van der Waals surface area contributed by atoms with Crippen LogP contribution in [0.4, 0.5) is 8.78 Å². The molecule has 1 aliphatic carbocycles. The van der Waals surface area contributed by atoms with Crippen LogP contribution in [0.2, 0.25) is 0 Å². The van der Waals surface area contributed by atoms with Crippen LogP contribution in [0, 0.1) is 17.0 Å². The normalized spacial score (nSPS) is 22.4. The van der Waals surface area contributed by atoms with Crippen LogP contribution >= 0.6 is 0 Å². The first-order valence-corrected chi connectivity index (χ1v) is 15.0. The molecule has 7 nitrogen and oxygen atoms in total. The van der Waals surface area contributed by atoms with Crippen LogP contribution in [0.15, 0.2) is 47.2 Å².